The summed E-state index contributed by atoms with van der Waals surface area (Å²) in [5.74, 6) is -0.106. The lowest BCUT2D eigenvalue weighted by Gasteiger charge is -2.23. The highest BCUT2D eigenvalue weighted by molar-refractivity contribution is 5.96. The second-order valence-electron chi connectivity index (χ2n) is 6.95. The average Bonchev–Trinajstić information content (AvgIpc) is 2.49. The van der Waals surface area contributed by atoms with Gasteiger partial charge in [0.2, 0.25) is 0 Å². The van der Waals surface area contributed by atoms with Crippen LogP contribution < -0.4 is 0 Å². The minimum atomic E-state index is -0.434. The summed E-state index contributed by atoms with van der Waals surface area (Å²) in [6.07, 6.45) is 6.64. The van der Waals surface area contributed by atoms with Crippen molar-refractivity contribution in [2.45, 2.75) is 59.8 Å². The second kappa shape index (κ2) is 9.65. The predicted octanol–water partition coefficient (Wildman–Crippen LogP) is 3.89. The molecule has 0 spiro atoms. The molecule has 0 heterocycles. The first-order valence-electron chi connectivity index (χ1n) is 8.45. The van der Waals surface area contributed by atoms with Crippen molar-refractivity contribution in [1.29, 1.82) is 0 Å². The number of ether oxygens (including phenoxy) is 2. The minimum absolute atomic E-state index is 0.125. The smallest absolute Gasteiger partial charge is 0.334 e. The van der Waals surface area contributed by atoms with Gasteiger partial charge in [-0.1, -0.05) is 47.0 Å². The van der Waals surface area contributed by atoms with E-state index in [0.29, 0.717) is 18.8 Å². The molecule has 0 aromatic heterocycles. The number of carbonyl (C=O) groups excluding carboxylic acids is 2. The van der Waals surface area contributed by atoms with Crippen LogP contribution in [-0.2, 0) is 19.1 Å². The molecule has 0 aromatic rings. The van der Waals surface area contributed by atoms with Crippen molar-refractivity contribution in [1.82, 2.24) is 0 Å². The van der Waals surface area contributed by atoms with Gasteiger partial charge in [-0.2, -0.15) is 0 Å². The van der Waals surface area contributed by atoms with Crippen molar-refractivity contribution >= 4 is 11.9 Å². The van der Waals surface area contributed by atoms with E-state index in [2.05, 4.69) is 0 Å². The van der Waals surface area contributed by atoms with Gasteiger partial charge in [-0.05, 0) is 30.6 Å². The highest BCUT2D eigenvalue weighted by Crippen LogP contribution is 2.30. The molecule has 1 rings (SSSR count). The molecule has 0 unspecified atom stereocenters. The second-order valence-corrected chi connectivity index (χ2v) is 6.95. The summed E-state index contributed by atoms with van der Waals surface area (Å²) in [7, 11) is 0. The Morgan fingerprint density at radius 2 is 1.50 bits per heavy atom. The van der Waals surface area contributed by atoms with Gasteiger partial charge in [0.15, 0.2) is 0 Å². The first kappa shape index (κ1) is 18.7. The molecule has 0 radical (unpaired) electrons. The maximum Gasteiger partial charge on any atom is 0.334 e. The van der Waals surface area contributed by atoms with Gasteiger partial charge in [0.05, 0.1) is 13.2 Å². The van der Waals surface area contributed by atoms with Crippen LogP contribution in [-0.4, -0.2) is 25.2 Å². The Labute approximate surface area is 134 Å². The van der Waals surface area contributed by atoms with Crippen LogP contribution in [0.1, 0.15) is 59.8 Å². The fraction of sp³-hybridized carbons (Fsp3) is 0.778. The lowest BCUT2D eigenvalue weighted by Crippen LogP contribution is -2.22. The third-order valence-electron chi connectivity index (χ3n) is 3.66. The zero-order valence-corrected chi connectivity index (χ0v) is 14.4. The molecule has 4 nitrogen and oxygen atoms in total. The van der Waals surface area contributed by atoms with Crippen molar-refractivity contribution in [2.24, 2.45) is 17.8 Å². The minimum Gasteiger partial charge on any atom is -0.462 e. The SMILES string of the molecule is CC(C)COC(=O)C=C(C(=O)OCC(C)C)C1CCCCC1. The van der Waals surface area contributed by atoms with E-state index in [-0.39, 0.29) is 23.7 Å². The number of esters is 2. The van der Waals surface area contributed by atoms with E-state index in [1.165, 1.54) is 12.5 Å². The molecule has 0 aliphatic heterocycles. The van der Waals surface area contributed by atoms with Crippen molar-refractivity contribution in [3.05, 3.63) is 11.6 Å². The Morgan fingerprint density at radius 1 is 0.955 bits per heavy atom. The molecule has 0 amide bonds. The van der Waals surface area contributed by atoms with Crippen molar-refractivity contribution in [3.63, 3.8) is 0 Å². The zero-order valence-electron chi connectivity index (χ0n) is 14.4. The summed E-state index contributed by atoms with van der Waals surface area (Å²) in [4.78, 5) is 24.3. The van der Waals surface area contributed by atoms with Crippen molar-refractivity contribution in [2.75, 3.05) is 13.2 Å². The normalized spacial score (nSPS) is 16.9. The Balaban J connectivity index is 2.75. The zero-order chi connectivity index (χ0) is 16.5. The summed E-state index contributed by atoms with van der Waals surface area (Å²) >= 11 is 0. The number of rotatable bonds is 7. The fourth-order valence-corrected chi connectivity index (χ4v) is 2.50. The van der Waals surface area contributed by atoms with Crippen LogP contribution in [0.25, 0.3) is 0 Å². The van der Waals surface area contributed by atoms with E-state index >= 15 is 0 Å². The molecule has 1 aliphatic carbocycles. The third kappa shape index (κ3) is 7.10. The molecule has 1 aliphatic rings. The average molecular weight is 310 g/mol. The van der Waals surface area contributed by atoms with E-state index in [4.69, 9.17) is 9.47 Å². The van der Waals surface area contributed by atoms with E-state index < -0.39 is 5.97 Å². The lowest BCUT2D eigenvalue weighted by molar-refractivity contribution is -0.143. The molecule has 0 bridgehead atoms. The highest BCUT2D eigenvalue weighted by atomic mass is 16.5. The molecule has 1 fully saturated rings. The van der Waals surface area contributed by atoms with Gasteiger partial charge >= 0.3 is 11.9 Å². The van der Waals surface area contributed by atoms with Crippen molar-refractivity contribution < 1.29 is 19.1 Å². The molecule has 1 saturated carbocycles. The van der Waals surface area contributed by atoms with Gasteiger partial charge in [0, 0.05) is 11.6 Å². The highest BCUT2D eigenvalue weighted by Gasteiger charge is 2.25. The first-order valence-corrected chi connectivity index (χ1v) is 8.45. The van der Waals surface area contributed by atoms with E-state index in [0.717, 1.165) is 25.7 Å². The van der Waals surface area contributed by atoms with Crippen LogP contribution in [0.15, 0.2) is 11.6 Å². The van der Waals surface area contributed by atoms with Gasteiger partial charge < -0.3 is 9.47 Å². The standard InChI is InChI=1S/C18H30O4/c1-13(2)11-21-17(19)10-16(15-8-6-5-7-9-15)18(20)22-12-14(3)4/h10,13-15H,5-9,11-12H2,1-4H3. The Kier molecular flexibility index (Phi) is 8.21. The molecule has 126 valence electrons. The molecular weight excluding hydrogens is 280 g/mol. The maximum absolute atomic E-state index is 12.3. The van der Waals surface area contributed by atoms with Crippen molar-refractivity contribution in [3.8, 4) is 0 Å². The van der Waals surface area contributed by atoms with E-state index in [1.54, 1.807) is 0 Å². The Morgan fingerprint density at radius 3 is 2.05 bits per heavy atom. The van der Waals surface area contributed by atoms with Gasteiger partial charge in [0.1, 0.15) is 0 Å². The summed E-state index contributed by atoms with van der Waals surface area (Å²) in [6, 6.07) is 0. The van der Waals surface area contributed by atoms with E-state index in [9.17, 15) is 9.59 Å². The molecule has 0 aromatic carbocycles. The van der Waals surface area contributed by atoms with Crippen LogP contribution in [0, 0.1) is 17.8 Å². The Hall–Kier alpha value is -1.32. The molecular formula is C18H30O4. The summed E-state index contributed by atoms with van der Waals surface area (Å²) in [5.41, 5.74) is 0.495. The van der Waals surface area contributed by atoms with Crippen LogP contribution in [0.4, 0.5) is 0 Å². The Bertz CT molecular complexity index is 390. The largest absolute Gasteiger partial charge is 0.462 e. The maximum atomic E-state index is 12.3. The van der Waals surface area contributed by atoms with Crippen LogP contribution >= 0.6 is 0 Å². The number of hydrogen-bond donors (Lipinski definition) is 0. The van der Waals surface area contributed by atoms with E-state index in [1.807, 2.05) is 27.7 Å². The summed E-state index contributed by atoms with van der Waals surface area (Å²) in [5, 5.41) is 0. The van der Waals surface area contributed by atoms with Crippen LogP contribution in [0.5, 0.6) is 0 Å². The predicted molar refractivity (Wildman–Crippen MR) is 86.3 cm³/mol. The number of carbonyl (C=O) groups is 2. The quantitative estimate of drug-likeness (QED) is 0.529. The molecule has 22 heavy (non-hydrogen) atoms. The third-order valence-corrected chi connectivity index (χ3v) is 3.66. The van der Waals surface area contributed by atoms with Gasteiger partial charge in [-0.15, -0.1) is 0 Å². The van der Waals surface area contributed by atoms with Crippen LogP contribution in [0.3, 0.4) is 0 Å². The molecule has 0 N–H and O–H groups in total. The summed E-state index contributed by atoms with van der Waals surface area (Å²) in [6.45, 7) is 8.70. The topological polar surface area (TPSA) is 52.6 Å². The fourth-order valence-electron chi connectivity index (χ4n) is 2.50. The summed E-state index contributed by atoms with van der Waals surface area (Å²) < 4.78 is 10.5. The lowest BCUT2D eigenvalue weighted by atomic mass is 9.83. The first-order chi connectivity index (χ1) is 10.4. The molecule has 0 saturated heterocycles. The van der Waals surface area contributed by atoms with Gasteiger partial charge in [-0.25, -0.2) is 9.59 Å². The van der Waals surface area contributed by atoms with Crippen LogP contribution in [0.2, 0.25) is 0 Å². The molecule has 0 atom stereocenters. The van der Waals surface area contributed by atoms with Gasteiger partial charge in [-0.3, -0.25) is 0 Å². The molecule has 4 heteroatoms. The van der Waals surface area contributed by atoms with Gasteiger partial charge in [0.25, 0.3) is 0 Å². The monoisotopic (exact) mass is 310 g/mol. The number of hydrogen-bond acceptors (Lipinski definition) is 4.